The molecule has 0 aromatic carbocycles. The third kappa shape index (κ3) is 26.3. The van der Waals surface area contributed by atoms with E-state index in [2.05, 4.69) is 56.4 Å². The second-order valence-corrected chi connectivity index (χ2v) is 17.6. The van der Waals surface area contributed by atoms with E-state index in [0.717, 1.165) is 57.8 Å². The topological polar surface area (TPSA) is 231 Å². The van der Waals surface area contributed by atoms with Crippen LogP contribution in [-0.2, 0) is 38.0 Å². The zero-order valence-corrected chi connectivity index (χ0v) is 40.2. The molecule has 7 N–H and O–H groups in total. The third-order valence-electron chi connectivity index (χ3n) is 11.8. The molecule has 2 aliphatic rings. The molecule has 2 saturated heterocycles. The van der Waals surface area contributed by atoms with Gasteiger partial charge in [0.05, 0.1) is 19.8 Å². The molecule has 66 heavy (non-hydrogen) atoms. The van der Waals surface area contributed by atoms with Gasteiger partial charge < -0.3 is 64.2 Å². The van der Waals surface area contributed by atoms with Crippen LogP contribution in [0.4, 0.5) is 0 Å². The Morgan fingerprint density at radius 2 is 0.924 bits per heavy atom. The minimum absolute atomic E-state index is 0.143. The van der Waals surface area contributed by atoms with E-state index < -0.39 is 99.3 Å². The minimum Gasteiger partial charge on any atom is -0.462 e. The van der Waals surface area contributed by atoms with Crippen LogP contribution < -0.4 is 0 Å². The molecule has 4 unspecified atom stereocenters. The predicted molar refractivity (Wildman–Crippen MR) is 252 cm³/mol. The Kier molecular flexibility index (Phi) is 34.6. The van der Waals surface area contributed by atoms with Crippen molar-refractivity contribution in [2.24, 2.45) is 0 Å². The number of aliphatic hydroxyl groups is 7. The molecule has 2 fully saturated rings. The average Bonchev–Trinajstić information content (AvgIpc) is 3.31. The Morgan fingerprint density at radius 3 is 1.50 bits per heavy atom. The first-order valence-corrected chi connectivity index (χ1v) is 25.2. The molecule has 0 aliphatic carbocycles. The molecule has 15 nitrogen and oxygen atoms in total. The van der Waals surface area contributed by atoms with Crippen LogP contribution in [0.3, 0.4) is 0 Å². The fourth-order valence-corrected chi connectivity index (χ4v) is 7.58. The molecule has 2 rings (SSSR count). The third-order valence-corrected chi connectivity index (χ3v) is 11.8. The van der Waals surface area contributed by atoms with Crippen molar-refractivity contribution < 1.29 is 73.8 Å². The van der Waals surface area contributed by atoms with E-state index in [1.165, 1.54) is 64.2 Å². The fourth-order valence-electron chi connectivity index (χ4n) is 7.58. The predicted octanol–water partition coefficient (Wildman–Crippen LogP) is 6.71. The smallest absolute Gasteiger partial charge is 0.306 e. The fraction of sp³-hybridized carbons (Fsp3) is 0.804. The van der Waals surface area contributed by atoms with E-state index in [0.29, 0.717) is 19.3 Å². The lowest BCUT2D eigenvalue weighted by molar-refractivity contribution is -0.332. The van der Waals surface area contributed by atoms with E-state index in [1.807, 2.05) is 6.08 Å². The van der Waals surface area contributed by atoms with E-state index in [1.54, 1.807) is 0 Å². The monoisotopic (exact) mass is 941 g/mol. The highest BCUT2D eigenvalue weighted by molar-refractivity contribution is 5.70. The van der Waals surface area contributed by atoms with E-state index in [9.17, 15) is 45.3 Å². The highest BCUT2D eigenvalue weighted by Crippen LogP contribution is 2.26. The summed E-state index contributed by atoms with van der Waals surface area (Å²) < 4.78 is 33.5. The highest BCUT2D eigenvalue weighted by Gasteiger charge is 2.47. The maximum Gasteiger partial charge on any atom is 0.306 e. The van der Waals surface area contributed by atoms with Crippen molar-refractivity contribution in [3.8, 4) is 0 Å². The van der Waals surface area contributed by atoms with Crippen molar-refractivity contribution in [1.29, 1.82) is 0 Å². The minimum atomic E-state index is -1.77. The van der Waals surface area contributed by atoms with Gasteiger partial charge in [-0.25, -0.2) is 0 Å². The number of carbonyl (C=O) groups excluding carboxylic acids is 2. The van der Waals surface area contributed by atoms with Crippen LogP contribution >= 0.6 is 0 Å². The molecule has 0 saturated carbocycles. The van der Waals surface area contributed by atoms with Crippen molar-refractivity contribution in [3.63, 3.8) is 0 Å². The molecule has 2 heterocycles. The van der Waals surface area contributed by atoms with Gasteiger partial charge in [0.2, 0.25) is 0 Å². The Bertz CT molecular complexity index is 1340. The van der Waals surface area contributed by atoms with Crippen molar-refractivity contribution in [1.82, 2.24) is 0 Å². The molecule has 0 aromatic rings. The maximum absolute atomic E-state index is 13.0. The molecule has 15 heteroatoms. The van der Waals surface area contributed by atoms with Gasteiger partial charge in [0.25, 0.3) is 0 Å². The van der Waals surface area contributed by atoms with Gasteiger partial charge in [-0.3, -0.25) is 9.59 Å². The molecule has 382 valence electrons. The van der Waals surface area contributed by atoms with Crippen molar-refractivity contribution in [2.75, 3.05) is 26.4 Å². The summed E-state index contributed by atoms with van der Waals surface area (Å²) in [4.78, 5) is 25.7. The molecule has 11 atom stereocenters. The quantitative estimate of drug-likeness (QED) is 0.0194. The second-order valence-electron chi connectivity index (χ2n) is 17.6. The van der Waals surface area contributed by atoms with Gasteiger partial charge in [-0.05, 0) is 70.6 Å². The number of hydrogen-bond acceptors (Lipinski definition) is 15. The summed E-state index contributed by atoms with van der Waals surface area (Å²) in [7, 11) is 0. The summed E-state index contributed by atoms with van der Waals surface area (Å²) in [5.41, 5.74) is 0. The number of carbonyl (C=O) groups is 2. The first-order chi connectivity index (χ1) is 32.0. The van der Waals surface area contributed by atoms with Gasteiger partial charge in [0, 0.05) is 12.8 Å². The zero-order valence-electron chi connectivity index (χ0n) is 40.2. The number of ether oxygens (including phenoxy) is 6. The number of rotatable bonds is 38. The summed E-state index contributed by atoms with van der Waals surface area (Å²) in [5, 5.41) is 72.0. The molecule has 0 spiro atoms. The van der Waals surface area contributed by atoms with Crippen LogP contribution in [0, 0.1) is 0 Å². The molecule has 0 radical (unpaired) electrons. The Balaban J connectivity index is 1.85. The van der Waals surface area contributed by atoms with Crippen LogP contribution in [0.1, 0.15) is 168 Å². The molecule has 0 aromatic heterocycles. The lowest BCUT2D eigenvalue weighted by Crippen LogP contribution is -2.61. The van der Waals surface area contributed by atoms with Gasteiger partial charge in [0.15, 0.2) is 18.7 Å². The summed E-state index contributed by atoms with van der Waals surface area (Å²) in [5.74, 6) is -0.998. The molecule has 0 bridgehead atoms. The number of esters is 2. The van der Waals surface area contributed by atoms with E-state index >= 15 is 0 Å². The number of hydrogen-bond donors (Lipinski definition) is 7. The van der Waals surface area contributed by atoms with Gasteiger partial charge in [0.1, 0.15) is 55.4 Å². The van der Waals surface area contributed by atoms with E-state index in [-0.39, 0.29) is 19.4 Å². The van der Waals surface area contributed by atoms with Crippen LogP contribution in [0.5, 0.6) is 0 Å². The molecular weight excluding hydrogens is 853 g/mol. The molecule has 0 amide bonds. The highest BCUT2D eigenvalue weighted by atomic mass is 16.7. The van der Waals surface area contributed by atoms with Crippen molar-refractivity contribution >= 4 is 11.9 Å². The summed E-state index contributed by atoms with van der Waals surface area (Å²) in [6, 6.07) is 0. The maximum atomic E-state index is 13.0. The van der Waals surface area contributed by atoms with Gasteiger partial charge in [-0.1, -0.05) is 133 Å². The lowest BCUT2D eigenvalue weighted by Gasteiger charge is -2.42. The molecule has 2 aliphatic heterocycles. The lowest BCUT2D eigenvalue weighted by atomic mass is 9.98. The van der Waals surface area contributed by atoms with Crippen LogP contribution in [0.25, 0.3) is 0 Å². The van der Waals surface area contributed by atoms with Crippen LogP contribution in [0.15, 0.2) is 48.6 Å². The zero-order chi connectivity index (χ0) is 48.2. The molecular formula is C51H88O15. The Morgan fingerprint density at radius 1 is 0.485 bits per heavy atom. The SMILES string of the molecule is CCCCCC/C=C/CCCCCCCC(=O)O[C@@H](COC(=O)CCC/C=C/C/C=C/C/C=C/CCCCCCCC)CO[C@@H]1O[C@H](CO[C@@H]2O[C@H](CO)[C@H](O)C(O)C2O)[C@H](O)C(O)C1O. The van der Waals surface area contributed by atoms with Crippen molar-refractivity contribution in [2.45, 2.75) is 235 Å². The van der Waals surface area contributed by atoms with Gasteiger partial charge in [-0.15, -0.1) is 0 Å². The Hall–Kier alpha value is -2.54. The second kappa shape index (κ2) is 38.3. The van der Waals surface area contributed by atoms with Gasteiger partial charge in [-0.2, -0.15) is 0 Å². The first kappa shape index (κ1) is 59.6. The Labute approximate surface area is 395 Å². The van der Waals surface area contributed by atoms with Crippen LogP contribution in [-0.4, -0.2) is 142 Å². The number of allylic oxidation sites excluding steroid dienone is 8. The van der Waals surface area contributed by atoms with E-state index in [4.69, 9.17) is 28.4 Å². The normalized spacial score (nSPS) is 26.6. The van der Waals surface area contributed by atoms with Crippen molar-refractivity contribution in [3.05, 3.63) is 48.6 Å². The average molecular weight is 941 g/mol. The first-order valence-electron chi connectivity index (χ1n) is 25.2. The summed E-state index contributed by atoms with van der Waals surface area (Å²) in [6.07, 6.45) is 24.4. The number of aliphatic hydroxyl groups excluding tert-OH is 7. The summed E-state index contributed by atoms with van der Waals surface area (Å²) in [6.45, 7) is 2.49. The standard InChI is InChI=1S/C51H88O15/c1-3-5-7-9-11-13-15-17-18-19-20-22-23-25-27-29-31-33-42(53)61-36-39(64-43(54)34-32-30-28-26-24-21-16-14-12-10-8-6-4-2)37-62-50-49(60)47(58)45(56)41(66-50)38-63-51-48(59)46(57)44(55)40(35-52)65-51/h14,16-18,20,22,25,27,39-41,44-52,55-60H,3-13,15,19,21,23-24,26,28-38H2,1-2H3/b16-14+,18-17+,22-20+,27-25+/t39-,40+,41+,44-,45-,46?,47?,48?,49?,50+,51+/m0/s1. The van der Waals surface area contributed by atoms with Gasteiger partial charge >= 0.3 is 11.9 Å². The largest absolute Gasteiger partial charge is 0.462 e. The summed E-state index contributed by atoms with van der Waals surface area (Å²) >= 11 is 0. The van der Waals surface area contributed by atoms with Crippen LogP contribution in [0.2, 0.25) is 0 Å². The number of unbranched alkanes of at least 4 members (excludes halogenated alkanes) is 16.